The van der Waals surface area contributed by atoms with E-state index in [0.717, 1.165) is 17.7 Å². The van der Waals surface area contributed by atoms with Crippen molar-refractivity contribution in [2.75, 3.05) is 11.3 Å². The number of Topliss-reactive ketones (excluding diaryl/α,β-unsaturated/α-hetero) is 1. The van der Waals surface area contributed by atoms with Crippen LogP contribution in [0.2, 0.25) is 0 Å². The number of rotatable bonds is 7. The van der Waals surface area contributed by atoms with Crippen molar-refractivity contribution in [1.29, 1.82) is 0 Å². The topological polar surface area (TPSA) is 105 Å². The van der Waals surface area contributed by atoms with Gasteiger partial charge in [0.15, 0.2) is 5.78 Å². The molecule has 33 heavy (non-hydrogen) atoms. The van der Waals surface area contributed by atoms with Gasteiger partial charge in [0.05, 0.1) is 16.3 Å². The van der Waals surface area contributed by atoms with E-state index in [9.17, 15) is 22.4 Å². The first-order valence-corrected chi connectivity index (χ1v) is 11.6. The van der Waals surface area contributed by atoms with Crippen LogP contribution < -0.4 is 10.0 Å². The van der Waals surface area contributed by atoms with Crippen molar-refractivity contribution in [3.63, 3.8) is 0 Å². The van der Waals surface area contributed by atoms with E-state index in [1.165, 1.54) is 36.5 Å². The summed E-state index contributed by atoms with van der Waals surface area (Å²) in [5.41, 5.74) is 1.11. The Hall–Kier alpha value is -3.85. The average Bonchev–Trinajstić information content (AvgIpc) is 2.81. The number of amides is 1. The summed E-state index contributed by atoms with van der Waals surface area (Å²) < 4.78 is 41.5. The lowest BCUT2D eigenvalue weighted by molar-refractivity contribution is -0.121. The van der Waals surface area contributed by atoms with Crippen molar-refractivity contribution in [2.24, 2.45) is 10.9 Å². The van der Waals surface area contributed by atoms with Crippen molar-refractivity contribution in [3.8, 4) is 0 Å². The van der Waals surface area contributed by atoms with Gasteiger partial charge >= 0.3 is 0 Å². The van der Waals surface area contributed by atoms with Crippen molar-refractivity contribution in [3.05, 3.63) is 89.7 Å². The normalized spacial score (nSPS) is 15.1. The lowest BCUT2D eigenvalue weighted by Gasteiger charge is -2.18. The maximum absolute atomic E-state index is 13.9. The second-order valence-corrected chi connectivity index (χ2v) is 9.09. The number of fused-ring (bicyclic) bond motifs is 1. The van der Waals surface area contributed by atoms with Gasteiger partial charge in [0.2, 0.25) is 5.91 Å². The van der Waals surface area contributed by atoms with E-state index < -0.39 is 33.4 Å². The lowest BCUT2D eigenvalue weighted by Crippen LogP contribution is -2.38. The van der Waals surface area contributed by atoms with E-state index in [2.05, 4.69) is 15.0 Å². The van der Waals surface area contributed by atoms with Crippen LogP contribution in [0.3, 0.4) is 0 Å². The van der Waals surface area contributed by atoms with Crippen molar-refractivity contribution >= 4 is 39.3 Å². The van der Waals surface area contributed by atoms with Gasteiger partial charge in [0, 0.05) is 18.3 Å². The Balaban J connectivity index is 1.49. The lowest BCUT2D eigenvalue weighted by atomic mass is 9.94. The molecule has 0 spiro atoms. The summed E-state index contributed by atoms with van der Waals surface area (Å²) in [4.78, 5) is 29.4. The van der Waals surface area contributed by atoms with Crippen LogP contribution in [0.4, 0.5) is 15.8 Å². The highest BCUT2D eigenvalue weighted by Crippen LogP contribution is 2.30. The molecule has 0 saturated heterocycles. The fourth-order valence-electron chi connectivity index (χ4n) is 3.40. The number of nitrogens with zero attached hydrogens (tertiary/aromatic N) is 1. The molecule has 1 unspecified atom stereocenters. The molecule has 7 nitrogen and oxygen atoms in total. The fraction of sp³-hybridized carbons (Fsp3) is 0.125. The van der Waals surface area contributed by atoms with Crippen LogP contribution in [0.25, 0.3) is 0 Å². The smallest absolute Gasteiger partial charge is 0.262 e. The summed E-state index contributed by atoms with van der Waals surface area (Å²) in [5.74, 6) is -2.96. The van der Waals surface area contributed by atoms with Gasteiger partial charge in [0.1, 0.15) is 11.7 Å². The first-order chi connectivity index (χ1) is 15.8. The van der Waals surface area contributed by atoms with E-state index in [4.69, 9.17) is 0 Å². The highest BCUT2D eigenvalue weighted by atomic mass is 32.2. The molecule has 0 saturated carbocycles. The zero-order valence-electron chi connectivity index (χ0n) is 17.4. The third kappa shape index (κ3) is 4.98. The van der Waals surface area contributed by atoms with Gasteiger partial charge < -0.3 is 5.32 Å². The molecule has 1 atom stereocenters. The SMILES string of the molecule is O=C(NCCc1ccccc1)C1C=Nc2ccc(S(=O)(=O)Nc3ccccc3F)cc2C1=O. The number of hydrogen-bond donors (Lipinski definition) is 2. The number of nitrogens with one attached hydrogen (secondary N) is 2. The Morgan fingerprint density at radius 2 is 1.73 bits per heavy atom. The van der Waals surface area contributed by atoms with Crippen LogP contribution in [0.15, 0.2) is 82.7 Å². The van der Waals surface area contributed by atoms with Crippen molar-refractivity contribution in [1.82, 2.24) is 5.32 Å². The molecule has 3 aromatic carbocycles. The van der Waals surface area contributed by atoms with E-state index in [-0.39, 0.29) is 21.8 Å². The number of hydrogen-bond acceptors (Lipinski definition) is 5. The van der Waals surface area contributed by atoms with Crippen molar-refractivity contribution < 1.29 is 22.4 Å². The molecule has 0 fully saturated rings. The van der Waals surface area contributed by atoms with Crippen LogP contribution in [0.1, 0.15) is 15.9 Å². The number of para-hydroxylation sites is 1. The molecule has 1 heterocycles. The number of halogens is 1. The number of carbonyl (C=O) groups excluding carboxylic acids is 2. The molecule has 0 aromatic heterocycles. The van der Waals surface area contributed by atoms with Crippen LogP contribution in [0.5, 0.6) is 0 Å². The minimum absolute atomic E-state index is 0.0112. The Morgan fingerprint density at radius 3 is 2.48 bits per heavy atom. The molecule has 168 valence electrons. The molecule has 4 rings (SSSR count). The van der Waals surface area contributed by atoms with Crippen molar-refractivity contribution in [2.45, 2.75) is 11.3 Å². The van der Waals surface area contributed by atoms with Gasteiger partial charge in [-0.2, -0.15) is 0 Å². The maximum atomic E-state index is 13.9. The van der Waals surface area contributed by atoms with Gasteiger partial charge in [-0.25, -0.2) is 12.8 Å². The van der Waals surface area contributed by atoms with Gasteiger partial charge in [-0.3, -0.25) is 19.3 Å². The van der Waals surface area contributed by atoms with Crippen LogP contribution in [-0.2, 0) is 21.2 Å². The molecule has 3 aromatic rings. The predicted octanol–water partition coefficient (Wildman–Crippen LogP) is 3.50. The second kappa shape index (κ2) is 9.33. The molecule has 9 heteroatoms. The van der Waals surface area contributed by atoms with E-state index in [1.54, 1.807) is 0 Å². The van der Waals surface area contributed by atoms with E-state index in [1.807, 2.05) is 30.3 Å². The molecular weight excluding hydrogens is 445 g/mol. The number of carbonyl (C=O) groups is 2. The summed E-state index contributed by atoms with van der Waals surface area (Å²) >= 11 is 0. The highest BCUT2D eigenvalue weighted by molar-refractivity contribution is 7.92. The molecule has 1 amide bonds. The van der Waals surface area contributed by atoms with E-state index in [0.29, 0.717) is 13.0 Å². The first kappa shape index (κ1) is 22.3. The third-order valence-corrected chi connectivity index (χ3v) is 6.51. The quantitative estimate of drug-likeness (QED) is 0.521. The summed E-state index contributed by atoms with van der Waals surface area (Å²) in [6.07, 6.45) is 1.86. The standard InChI is InChI=1S/C24H20FN3O4S/c25-20-8-4-5-9-22(20)28-33(31,32)17-10-11-21-18(14-17)23(29)19(15-27-21)24(30)26-13-12-16-6-2-1-3-7-16/h1-11,14-15,19,28H,12-13H2,(H,26,30). The molecule has 1 aliphatic heterocycles. The minimum atomic E-state index is -4.17. The second-order valence-electron chi connectivity index (χ2n) is 7.41. The zero-order chi connectivity index (χ0) is 23.4. The maximum Gasteiger partial charge on any atom is 0.262 e. The number of benzene rings is 3. The third-order valence-electron chi connectivity index (χ3n) is 5.15. The molecular formula is C24H20FN3O4S. The molecule has 0 aliphatic carbocycles. The van der Waals surface area contributed by atoms with E-state index >= 15 is 0 Å². The predicted molar refractivity (Wildman–Crippen MR) is 123 cm³/mol. The van der Waals surface area contributed by atoms with Gasteiger partial charge in [-0.15, -0.1) is 0 Å². The number of ketones is 1. The van der Waals surface area contributed by atoms with Crippen LogP contribution in [-0.4, -0.2) is 32.9 Å². The number of aliphatic imine (C=N–C) groups is 1. The minimum Gasteiger partial charge on any atom is -0.355 e. The highest BCUT2D eigenvalue weighted by Gasteiger charge is 2.32. The van der Waals surface area contributed by atoms with Gasteiger partial charge in [-0.1, -0.05) is 42.5 Å². The summed E-state index contributed by atoms with van der Waals surface area (Å²) in [6, 6.07) is 18.7. The zero-order valence-corrected chi connectivity index (χ0v) is 18.2. The summed E-state index contributed by atoms with van der Waals surface area (Å²) in [5, 5.41) is 2.72. The molecule has 0 bridgehead atoms. The largest absolute Gasteiger partial charge is 0.355 e. The fourth-order valence-corrected chi connectivity index (χ4v) is 4.49. The molecule has 0 radical (unpaired) electrons. The van der Waals surface area contributed by atoms with Gasteiger partial charge in [-0.05, 0) is 42.3 Å². The molecule has 2 N–H and O–H groups in total. The Labute approximate surface area is 190 Å². The summed E-state index contributed by atoms with van der Waals surface area (Å²) in [7, 11) is -4.17. The monoisotopic (exact) mass is 465 g/mol. The number of anilines is 1. The van der Waals surface area contributed by atoms with Gasteiger partial charge in [0.25, 0.3) is 10.0 Å². The average molecular weight is 466 g/mol. The Bertz CT molecular complexity index is 1340. The Morgan fingerprint density at radius 1 is 1.00 bits per heavy atom. The number of sulfonamides is 1. The molecule has 1 aliphatic rings. The summed E-state index contributed by atoms with van der Waals surface area (Å²) in [6.45, 7) is 0.342. The van der Waals surface area contributed by atoms with Crippen LogP contribution >= 0.6 is 0 Å². The van der Waals surface area contributed by atoms with Crippen LogP contribution in [0, 0.1) is 11.7 Å². The Kier molecular flexibility index (Phi) is 6.32. The first-order valence-electron chi connectivity index (χ1n) is 10.2.